The number of phenolic OH excluding ortho intramolecular Hbond substituents is 1. The predicted molar refractivity (Wildman–Crippen MR) is 86.1 cm³/mol. The molecule has 1 aromatic carbocycles. The van der Waals surface area contributed by atoms with Crippen molar-refractivity contribution in [1.82, 2.24) is 15.4 Å². The van der Waals surface area contributed by atoms with Gasteiger partial charge in [-0.1, -0.05) is 11.8 Å². The van der Waals surface area contributed by atoms with E-state index < -0.39 is 0 Å². The summed E-state index contributed by atoms with van der Waals surface area (Å²) in [6.07, 6.45) is 1.51. The summed E-state index contributed by atoms with van der Waals surface area (Å²) in [4.78, 5) is 20.2. The van der Waals surface area contributed by atoms with Crippen LogP contribution in [0.5, 0.6) is 5.75 Å². The van der Waals surface area contributed by atoms with Crippen molar-refractivity contribution in [2.45, 2.75) is 19.0 Å². The van der Waals surface area contributed by atoms with Crippen LogP contribution in [-0.2, 0) is 4.79 Å². The number of nitrogens with zero attached hydrogens (tertiary/aromatic N) is 3. The Balaban J connectivity index is 1.81. The number of aromatic hydroxyl groups is 1. The van der Waals surface area contributed by atoms with E-state index >= 15 is 0 Å². The second-order valence-electron chi connectivity index (χ2n) is 4.61. The smallest absolute Gasteiger partial charge is 0.250 e. The van der Waals surface area contributed by atoms with Gasteiger partial charge in [-0.3, -0.25) is 4.79 Å². The monoisotopic (exact) mass is 316 g/mol. The minimum Gasteiger partial charge on any atom is -0.508 e. The van der Waals surface area contributed by atoms with E-state index in [0.717, 1.165) is 17.0 Å². The molecule has 2 aromatic rings. The molecule has 0 aliphatic carbocycles. The van der Waals surface area contributed by atoms with Crippen LogP contribution >= 0.6 is 11.8 Å². The van der Waals surface area contributed by atoms with E-state index in [1.807, 2.05) is 19.9 Å². The number of phenols is 1. The Hall–Kier alpha value is -2.41. The fraction of sp³-hybridized carbons (Fsp3) is 0.200. The lowest BCUT2D eigenvalue weighted by Gasteiger charge is -2.02. The first-order chi connectivity index (χ1) is 10.5. The Morgan fingerprint density at radius 1 is 1.27 bits per heavy atom. The van der Waals surface area contributed by atoms with Crippen LogP contribution in [0.4, 0.5) is 0 Å². The maximum absolute atomic E-state index is 11.7. The normalized spacial score (nSPS) is 10.8. The SMILES string of the molecule is Cc1cc(C)nc(SCC(=O)N/N=C/c2ccc(O)cc2)n1. The van der Waals surface area contributed by atoms with E-state index in [2.05, 4.69) is 20.5 Å². The van der Waals surface area contributed by atoms with Crippen molar-refractivity contribution >= 4 is 23.9 Å². The number of carbonyl (C=O) groups is 1. The summed E-state index contributed by atoms with van der Waals surface area (Å²) in [5.74, 6) is 0.143. The summed E-state index contributed by atoms with van der Waals surface area (Å²) < 4.78 is 0. The number of aryl methyl sites for hydroxylation is 2. The third kappa shape index (κ3) is 5.17. The van der Waals surface area contributed by atoms with Gasteiger partial charge in [0, 0.05) is 11.4 Å². The highest BCUT2D eigenvalue weighted by Crippen LogP contribution is 2.13. The van der Waals surface area contributed by atoms with Crippen molar-refractivity contribution in [2.24, 2.45) is 5.10 Å². The van der Waals surface area contributed by atoms with Gasteiger partial charge >= 0.3 is 0 Å². The molecular formula is C15H16N4O2S. The van der Waals surface area contributed by atoms with E-state index in [-0.39, 0.29) is 17.4 Å². The zero-order valence-corrected chi connectivity index (χ0v) is 13.1. The van der Waals surface area contributed by atoms with Gasteiger partial charge in [0.1, 0.15) is 5.75 Å². The standard InChI is InChI=1S/C15H16N4O2S/c1-10-7-11(2)18-15(17-10)22-9-14(21)19-16-8-12-3-5-13(20)6-4-12/h3-8,20H,9H2,1-2H3,(H,19,21)/b16-8+. The molecule has 0 bridgehead atoms. The van der Waals surface area contributed by atoms with Gasteiger partial charge in [0.15, 0.2) is 5.16 Å². The van der Waals surface area contributed by atoms with E-state index in [4.69, 9.17) is 5.11 Å². The van der Waals surface area contributed by atoms with Crippen LogP contribution in [-0.4, -0.2) is 32.9 Å². The van der Waals surface area contributed by atoms with Gasteiger partial charge in [-0.2, -0.15) is 5.10 Å². The van der Waals surface area contributed by atoms with Gasteiger partial charge in [0.05, 0.1) is 12.0 Å². The van der Waals surface area contributed by atoms with Gasteiger partial charge in [0.2, 0.25) is 0 Å². The molecule has 0 atom stereocenters. The minimum atomic E-state index is -0.234. The van der Waals surface area contributed by atoms with Gasteiger partial charge in [-0.05, 0) is 49.7 Å². The van der Waals surface area contributed by atoms with Crippen LogP contribution in [0.1, 0.15) is 17.0 Å². The summed E-state index contributed by atoms with van der Waals surface area (Å²) >= 11 is 1.26. The maximum atomic E-state index is 11.7. The van der Waals surface area contributed by atoms with Crippen LogP contribution in [0.25, 0.3) is 0 Å². The summed E-state index contributed by atoms with van der Waals surface area (Å²) in [7, 11) is 0. The average molecular weight is 316 g/mol. The van der Waals surface area contributed by atoms with Gasteiger partial charge in [-0.25, -0.2) is 15.4 Å². The number of nitrogens with one attached hydrogen (secondary N) is 1. The van der Waals surface area contributed by atoms with Crippen molar-refractivity contribution in [1.29, 1.82) is 0 Å². The number of rotatable bonds is 5. The maximum Gasteiger partial charge on any atom is 0.250 e. The third-order valence-corrected chi connectivity index (χ3v) is 3.44. The van der Waals surface area contributed by atoms with Gasteiger partial charge in [0.25, 0.3) is 5.91 Å². The second kappa shape index (κ2) is 7.56. The molecule has 0 spiro atoms. The topological polar surface area (TPSA) is 87.5 Å². The number of thioether (sulfide) groups is 1. The van der Waals surface area contributed by atoms with E-state index in [1.165, 1.54) is 18.0 Å². The molecule has 2 N–H and O–H groups in total. The first-order valence-electron chi connectivity index (χ1n) is 6.59. The van der Waals surface area contributed by atoms with Crippen molar-refractivity contribution in [3.05, 3.63) is 47.3 Å². The number of aromatic nitrogens is 2. The zero-order valence-electron chi connectivity index (χ0n) is 12.3. The summed E-state index contributed by atoms with van der Waals surface area (Å²) in [5.41, 5.74) is 4.97. The van der Waals surface area contributed by atoms with Gasteiger partial charge in [-0.15, -0.1) is 0 Å². The van der Waals surface area contributed by atoms with Crippen molar-refractivity contribution in [3.8, 4) is 5.75 Å². The number of benzene rings is 1. The molecule has 114 valence electrons. The average Bonchev–Trinajstić information content (AvgIpc) is 2.46. The minimum absolute atomic E-state index is 0.186. The molecule has 0 saturated carbocycles. The molecule has 1 amide bonds. The van der Waals surface area contributed by atoms with E-state index in [1.54, 1.807) is 24.3 Å². The Morgan fingerprint density at radius 3 is 2.55 bits per heavy atom. The molecule has 2 rings (SSSR count). The fourth-order valence-corrected chi connectivity index (χ4v) is 2.40. The molecule has 0 radical (unpaired) electrons. The van der Waals surface area contributed by atoms with Crippen LogP contribution in [0.15, 0.2) is 40.6 Å². The second-order valence-corrected chi connectivity index (χ2v) is 5.55. The Morgan fingerprint density at radius 2 is 1.91 bits per heavy atom. The molecule has 1 heterocycles. The number of hydrogen-bond donors (Lipinski definition) is 2. The highest BCUT2D eigenvalue weighted by Gasteiger charge is 2.05. The number of hydrazone groups is 1. The number of amides is 1. The molecule has 0 aliphatic heterocycles. The molecular weight excluding hydrogens is 300 g/mol. The van der Waals surface area contributed by atoms with Crippen molar-refractivity contribution < 1.29 is 9.90 Å². The summed E-state index contributed by atoms with van der Waals surface area (Å²) in [5, 5.41) is 13.6. The molecule has 7 heteroatoms. The Labute approximate surface area is 132 Å². The number of carbonyl (C=O) groups excluding carboxylic acids is 1. The first kappa shape index (κ1) is 16.0. The van der Waals surface area contributed by atoms with E-state index in [0.29, 0.717) is 5.16 Å². The lowest BCUT2D eigenvalue weighted by atomic mass is 10.2. The molecule has 0 aliphatic rings. The van der Waals surface area contributed by atoms with Gasteiger partial charge < -0.3 is 5.11 Å². The molecule has 0 unspecified atom stereocenters. The lowest BCUT2D eigenvalue weighted by molar-refractivity contribution is -0.118. The first-order valence-corrected chi connectivity index (χ1v) is 7.57. The molecule has 1 aromatic heterocycles. The van der Waals surface area contributed by atoms with Crippen LogP contribution in [0, 0.1) is 13.8 Å². The molecule has 22 heavy (non-hydrogen) atoms. The Kier molecular flexibility index (Phi) is 5.48. The molecule has 6 nitrogen and oxygen atoms in total. The predicted octanol–water partition coefficient (Wildman–Crippen LogP) is 2.04. The molecule has 0 fully saturated rings. The molecule has 0 saturated heterocycles. The quantitative estimate of drug-likeness (QED) is 0.381. The van der Waals surface area contributed by atoms with Crippen LogP contribution in [0.2, 0.25) is 0 Å². The fourth-order valence-electron chi connectivity index (χ4n) is 1.66. The van der Waals surface area contributed by atoms with Crippen LogP contribution in [0.3, 0.4) is 0 Å². The van der Waals surface area contributed by atoms with E-state index in [9.17, 15) is 4.79 Å². The lowest BCUT2D eigenvalue weighted by Crippen LogP contribution is -2.19. The van der Waals surface area contributed by atoms with Crippen molar-refractivity contribution in [2.75, 3.05) is 5.75 Å². The van der Waals surface area contributed by atoms with Crippen LogP contribution < -0.4 is 5.43 Å². The largest absolute Gasteiger partial charge is 0.508 e. The summed E-state index contributed by atoms with van der Waals surface area (Å²) in [6.45, 7) is 3.78. The third-order valence-electron chi connectivity index (χ3n) is 2.59. The highest BCUT2D eigenvalue weighted by atomic mass is 32.2. The van der Waals surface area contributed by atoms with Crippen molar-refractivity contribution in [3.63, 3.8) is 0 Å². The zero-order chi connectivity index (χ0) is 15.9. The highest BCUT2D eigenvalue weighted by molar-refractivity contribution is 7.99. The summed E-state index contributed by atoms with van der Waals surface area (Å²) in [6, 6.07) is 8.38. The Bertz CT molecular complexity index is 666. The number of hydrogen-bond acceptors (Lipinski definition) is 6.